The maximum absolute atomic E-state index is 12.8. The normalized spacial score (nSPS) is 12.4. The third-order valence-electron chi connectivity index (χ3n) is 4.19. The molecule has 0 unspecified atom stereocenters. The highest BCUT2D eigenvalue weighted by molar-refractivity contribution is 7.17. The van der Waals surface area contributed by atoms with Gasteiger partial charge < -0.3 is 19.5 Å². The van der Waals surface area contributed by atoms with E-state index in [9.17, 15) is 9.59 Å². The summed E-state index contributed by atoms with van der Waals surface area (Å²) < 4.78 is 15.5. The molecule has 0 spiro atoms. The van der Waals surface area contributed by atoms with Crippen LogP contribution >= 0.6 is 11.3 Å². The van der Waals surface area contributed by atoms with Crippen molar-refractivity contribution in [3.63, 3.8) is 0 Å². The van der Waals surface area contributed by atoms with E-state index in [1.54, 1.807) is 18.2 Å². The van der Waals surface area contributed by atoms with Gasteiger partial charge in [0.05, 0.1) is 26.9 Å². The number of rotatable bonds is 5. The summed E-state index contributed by atoms with van der Waals surface area (Å²) >= 11 is 1.43. The lowest BCUT2D eigenvalue weighted by molar-refractivity contribution is 0.0601. The maximum Gasteiger partial charge on any atom is 0.341 e. The number of aryl methyl sites for hydroxylation is 1. The fraction of sp³-hybridized carbons (Fsp3) is 0.333. The number of carbonyl (C=O) groups excluding carboxylic acids is 2. The predicted molar refractivity (Wildman–Crippen MR) is 95.2 cm³/mol. The maximum atomic E-state index is 12.8. The van der Waals surface area contributed by atoms with Crippen molar-refractivity contribution < 1.29 is 23.8 Å². The van der Waals surface area contributed by atoms with E-state index in [4.69, 9.17) is 14.2 Å². The Morgan fingerprint density at radius 2 is 1.72 bits per heavy atom. The third-order valence-corrected chi connectivity index (χ3v) is 5.40. The molecule has 0 atom stereocenters. The summed E-state index contributed by atoms with van der Waals surface area (Å²) in [6.07, 6.45) is 2.75. The highest BCUT2D eigenvalue weighted by atomic mass is 32.1. The van der Waals surface area contributed by atoms with Crippen LogP contribution in [0.4, 0.5) is 5.00 Å². The van der Waals surface area contributed by atoms with Crippen LogP contribution in [0.3, 0.4) is 0 Å². The van der Waals surface area contributed by atoms with Crippen molar-refractivity contribution in [3.05, 3.63) is 39.8 Å². The number of hydrogen-bond donors (Lipinski definition) is 1. The minimum atomic E-state index is -0.429. The lowest BCUT2D eigenvalue weighted by atomic mass is 10.1. The van der Waals surface area contributed by atoms with Crippen molar-refractivity contribution in [1.29, 1.82) is 0 Å². The molecule has 1 aliphatic carbocycles. The molecule has 2 aromatic rings. The Bertz CT molecular complexity index is 805. The molecule has 0 aliphatic heterocycles. The van der Waals surface area contributed by atoms with Gasteiger partial charge in [0.15, 0.2) is 0 Å². The first kappa shape index (κ1) is 17.3. The van der Waals surface area contributed by atoms with Gasteiger partial charge in [0.25, 0.3) is 5.91 Å². The van der Waals surface area contributed by atoms with Crippen LogP contribution < -0.4 is 14.8 Å². The molecule has 1 aromatic carbocycles. The Hall–Kier alpha value is -2.54. The number of thiophene rings is 1. The molecule has 0 fully saturated rings. The second-order valence-electron chi connectivity index (χ2n) is 5.54. The first-order valence-electron chi connectivity index (χ1n) is 7.85. The number of amides is 1. The van der Waals surface area contributed by atoms with E-state index < -0.39 is 5.97 Å². The van der Waals surface area contributed by atoms with Crippen LogP contribution in [-0.2, 0) is 17.6 Å². The molecule has 6 nitrogen and oxygen atoms in total. The van der Waals surface area contributed by atoms with Gasteiger partial charge >= 0.3 is 5.97 Å². The van der Waals surface area contributed by atoms with Crippen LogP contribution in [0.5, 0.6) is 11.5 Å². The highest BCUT2D eigenvalue weighted by Gasteiger charge is 2.29. The largest absolute Gasteiger partial charge is 0.496 e. The number of anilines is 1. The van der Waals surface area contributed by atoms with Gasteiger partial charge in [-0.2, -0.15) is 0 Å². The molecule has 1 N–H and O–H groups in total. The zero-order valence-corrected chi connectivity index (χ0v) is 15.1. The number of nitrogens with one attached hydrogen (secondary N) is 1. The molecule has 25 heavy (non-hydrogen) atoms. The number of methoxy groups -OCH3 is 3. The van der Waals surface area contributed by atoms with Gasteiger partial charge in [-0.1, -0.05) is 6.07 Å². The van der Waals surface area contributed by atoms with E-state index in [1.165, 1.54) is 32.7 Å². The van der Waals surface area contributed by atoms with Gasteiger partial charge in [-0.3, -0.25) is 4.79 Å². The molecule has 132 valence electrons. The fourth-order valence-corrected chi connectivity index (χ4v) is 4.32. The van der Waals surface area contributed by atoms with E-state index in [1.807, 2.05) is 0 Å². The minimum absolute atomic E-state index is 0.289. The van der Waals surface area contributed by atoms with Crippen LogP contribution in [0.1, 0.15) is 37.6 Å². The molecule has 1 heterocycles. The molecule has 7 heteroatoms. The first-order valence-corrected chi connectivity index (χ1v) is 8.67. The van der Waals surface area contributed by atoms with Gasteiger partial charge in [0.2, 0.25) is 0 Å². The van der Waals surface area contributed by atoms with Crippen molar-refractivity contribution in [3.8, 4) is 11.5 Å². The van der Waals surface area contributed by atoms with Gasteiger partial charge in [0, 0.05) is 4.88 Å². The molecule has 1 aliphatic rings. The van der Waals surface area contributed by atoms with Crippen molar-refractivity contribution >= 4 is 28.2 Å². The Labute approximate surface area is 149 Å². The van der Waals surface area contributed by atoms with E-state index in [0.717, 1.165) is 29.7 Å². The second kappa shape index (κ2) is 7.14. The van der Waals surface area contributed by atoms with Crippen molar-refractivity contribution in [2.24, 2.45) is 0 Å². The smallest absolute Gasteiger partial charge is 0.341 e. The summed E-state index contributed by atoms with van der Waals surface area (Å²) in [4.78, 5) is 26.2. The lowest BCUT2D eigenvalue weighted by Gasteiger charge is -2.13. The van der Waals surface area contributed by atoms with Crippen LogP contribution in [0.25, 0.3) is 0 Å². The topological polar surface area (TPSA) is 73.9 Å². The zero-order valence-electron chi connectivity index (χ0n) is 14.3. The van der Waals surface area contributed by atoms with E-state index in [0.29, 0.717) is 22.1 Å². The zero-order chi connectivity index (χ0) is 18.0. The molecule has 0 saturated heterocycles. The highest BCUT2D eigenvalue weighted by Crippen LogP contribution is 2.40. The van der Waals surface area contributed by atoms with Crippen molar-refractivity contribution in [2.75, 3.05) is 26.6 Å². The Balaban J connectivity index is 1.99. The number of ether oxygens (including phenoxy) is 3. The Morgan fingerprint density at radius 1 is 1.04 bits per heavy atom. The number of benzene rings is 1. The number of fused-ring (bicyclic) bond motifs is 1. The van der Waals surface area contributed by atoms with E-state index in [2.05, 4.69) is 5.32 Å². The van der Waals surface area contributed by atoms with Crippen LogP contribution in [0.2, 0.25) is 0 Å². The fourth-order valence-electron chi connectivity index (χ4n) is 3.05. The Kier molecular flexibility index (Phi) is 4.94. The van der Waals surface area contributed by atoms with Gasteiger partial charge in [-0.15, -0.1) is 11.3 Å². The SMILES string of the molecule is COC(=O)c1c(NC(=O)c2c(OC)cccc2OC)sc2c1CCC2. The van der Waals surface area contributed by atoms with Gasteiger partial charge in [-0.25, -0.2) is 4.79 Å². The average Bonchev–Trinajstić information content (AvgIpc) is 3.20. The van der Waals surface area contributed by atoms with Gasteiger partial charge in [-0.05, 0) is 37.0 Å². The van der Waals surface area contributed by atoms with Crippen LogP contribution in [0, 0.1) is 0 Å². The molecular formula is C18H19NO5S. The third kappa shape index (κ3) is 3.07. The molecule has 1 aromatic heterocycles. The van der Waals surface area contributed by atoms with Crippen molar-refractivity contribution in [1.82, 2.24) is 0 Å². The van der Waals surface area contributed by atoms with E-state index in [-0.39, 0.29) is 11.5 Å². The van der Waals surface area contributed by atoms with Crippen molar-refractivity contribution in [2.45, 2.75) is 19.3 Å². The lowest BCUT2D eigenvalue weighted by Crippen LogP contribution is -2.16. The number of hydrogen-bond acceptors (Lipinski definition) is 6. The molecule has 3 rings (SSSR count). The first-order chi connectivity index (χ1) is 12.1. The minimum Gasteiger partial charge on any atom is -0.496 e. The molecule has 0 radical (unpaired) electrons. The Morgan fingerprint density at radius 3 is 2.32 bits per heavy atom. The molecule has 0 bridgehead atoms. The summed E-state index contributed by atoms with van der Waals surface area (Å²) in [5.74, 6) is -0.0119. The molecule has 1 amide bonds. The predicted octanol–water partition coefficient (Wildman–Crippen LogP) is 3.29. The second-order valence-corrected chi connectivity index (χ2v) is 6.65. The summed E-state index contributed by atoms with van der Waals surface area (Å²) in [6, 6.07) is 5.12. The summed E-state index contributed by atoms with van der Waals surface area (Å²) in [5.41, 5.74) is 1.73. The van der Waals surface area contributed by atoms with E-state index >= 15 is 0 Å². The summed E-state index contributed by atoms with van der Waals surface area (Å²) in [5, 5.41) is 3.35. The molecule has 0 saturated carbocycles. The quantitative estimate of drug-likeness (QED) is 0.827. The van der Waals surface area contributed by atoms with Crippen LogP contribution in [0.15, 0.2) is 18.2 Å². The molecular weight excluding hydrogens is 342 g/mol. The summed E-state index contributed by atoms with van der Waals surface area (Å²) in [6.45, 7) is 0. The number of carbonyl (C=O) groups is 2. The summed E-state index contributed by atoms with van der Waals surface area (Å²) in [7, 11) is 4.33. The monoisotopic (exact) mass is 361 g/mol. The van der Waals surface area contributed by atoms with Gasteiger partial charge in [0.1, 0.15) is 22.1 Å². The average molecular weight is 361 g/mol. The standard InChI is InChI=1S/C18H19NO5S/c1-22-11-7-5-8-12(23-2)15(11)16(20)19-17-14(18(21)24-3)10-6-4-9-13(10)25-17/h5,7-8H,4,6,9H2,1-3H3,(H,19,20). The number of esters is 1. The van der Waals surface area contributed by atoms with Crippen LogP contribution in [-0.4, -0.2) is 33.2 Å².